The Morgan fingerprint density at radius 3 is 2.95 bits per heavy atom. The fraction of sp³-hybridized carbons (Fsp3) is 0.545. The molecule has 19 heavy (non-hydrogen) atoms. The zero-order chi connectivity index (χ0) is 13.1. The number of guanidine groups is 1. The van der Waals surface area contributed by atoms with Crippen LogP contribution < -0.4 is 11.5 Å². The Labute approximate surface area is 126 Å². The highest BCUT2D eigenvalue weighted by molar-refractivity contribution is 8.93. The van der Waals surface area contributed by atoms with Crippen LogP contribution in [-0.4, -0.2) is 23.5 Å². The lowest BCUT2D eigenvalue weighted by atomic mass is 9.91. The minimum absolute atomic E-state index is 0. The van der Waals surface area contributed by atoms with E-state index in [9.17, 15) is 4.79 Å². The molecule has 8 heteroatoms. The van der Waals surface area contributed by atoms with E-state index in [-0.39, 0.29) is 34.8 Å². The summed E-state index contributed by atoms with van der Waals surface area (Å²) in [6.45, 7) is 2.18. The third-order valence-corrected chi connectivity index (χ3v) is 3.76. The van der Waals surface area contributed by atoms with Crippen molar-refractivity contribution < 1.29 is 9.53 Å². The predicted octanol–water partition coefficient (Wildman–Crippen LogP) is 1.61. The monoisotopic (exact) mass is 348 g/mol. The molecule has 4 N–H and O–H groups in total. The first-order valence-electron chi connectivity index (χ1n) is 5.87. The van der Waals surface area contributed by atoms with Gasteiger partial charge >= 0.3 is 5.97 Å². The van der Waals surface area contributed by atoms with Gasteiger partial charge in [0.2, 0.25) is 5.13 Å². The van der Waals surface area contributed by atoms with Crippen LogP contribution in [0.15, 0.2) is 4.99 Å². The molecule has 0 spiro atoms. The number of esters is 1. The van der Waals surface area contributed by atoms with Crippen molar-refractivity contribution >= 4 is 45.4 Å². The molecule has 0 aromatic carbocycles. The molecule has 0 bridgehead atoms. The van der Waals surface area contributed by atoms with Gasteiger partial charge in [0.1, 0.15) is 5.92 Å². The number of hydrogen-bond acceptors (Lipinski definition) is 5. The number of aromatic nitrogens is 1. The second-order valence-corrected chi connectivity index (χ2v) is 5.10. The van der Waals surface area contributed by atoms with Gasteiger partial charge in [-0.05, 0) is 26.2 Å². The number of carbonyl (C=O) groups excluding carboxylic acids is 1. The number of rotatable bonds is 3. The maximum atomic E-state index is 11.8. The molecule has 0 saturated heterocycles. The largest absolute Gasteiger partial charge is 0.465 e. The van der Waals surface area contributed by atoms with Gasteiger partial charge in [-0.25, -0.2) is 4.98 Å². The fourth-order valence-corrected chi connectivity index (χ4v) is 3.09. The highest BCUT2D eigenvalue weighted by Gasteiger charge is 2.31. The Kier molecular flexibility index (Phi) is 5.74. The quantitative estimate of drug-likeness (QED) is 0.490. The standard InChI is InChI=1S/C11H16N4O2S.BrH/c1-2-17-9(16)6-4-3-5-7-8(6)14-11(18-7)15-10(12)13;/h6H,2-5H2,1H3,(H4,12,13,14,15);1H/t6-;/m0./s1. The third-order valence-electron chi connectivity index (χ3n) is 2.74. The molecule has 0 unspecified atom stereocenters. The number of carbonyl (C=O) groups is 1. The van der Waals surface area contributed by atoms with Gasteiger partial charge in [0.05, 0.1) is 12.3 Å². The van der Waals surface area contributed by atoms with E-state index in [0.717, 1.165) is 29.8 Å². The van der Waals surface area contributed by atoms with Crippen LogP contribution in [0.25, 0.3) is 0 Å². The summed E-state index contributed by atoms with van der Waals surface area (Å²) < 4.78 is 5.07. The molecular weight excluding hydrogens is 332 g/mol. The van der Waals surface area contributed by atoms with Crippen LogP contribution in [-0.2, 0) is 16.0 Å². The van der Waals surface area contributed by atoms with Crippen LogP contribution in [0.2, 0.25) is 0 Å². The van der Waals surface area contributed by atoms with Crippen molar-refractivity contribution in [2.24, 2.45) is 16.5 Å². The van der Waals surface area contributed by atoms with Crippen molar-refractivity contribution in [2.75, 3.05) is 6.61 Å². The van der Waals surface area contributed by atoms with Crippen LogP contribution in [0.4, 0.5) is 5.13 Å². The first kappa shape index (κ1) is 15.9. The minimum Gasteiger partial charge on any atom is -0.465 e. The number of nitrogens with two attached hydrogens (primary N) is 2. The normalized spacial score (nSPS) is 17.0. The molecule has 1 aromatic heterocycles. The fourth-order valence-electron chi connectivity index (χ4n) is 2.04. The molecule has 0 radical (unpaired) electrons. The van der Waals surface area contributed by atoms with Crippen LogP contribution in [0, 0.1) is 0 Å². The lowest BCUT2D eigenvalue weighted by molar-refractivity contribution is -0.145. The molecule has 0 aliphatic heterocycles. The molecule has 106 valence electrons. The van der Waals surface area contributed by atoms with Gasteiger partial charge in [-0.1, -0.05) is 11.3 Å². The first-order valence-corrected chi connectivity index (χ1v) is 6.69. The molecule has 2 rings (SSSR count). The summed E-state index contributed by atoms with van der Waals surface area (Å²) in [4.78, 5) is 21.2. The number of halogens is 1. The molecule has 1 heterocycles. The van der Waals surface area contributed by atoms with E-state index >= 15 is 0 Å². The van der Waals surface area contributed by atoms with E-state index < -0.39 is 0 Å². The molecule has 0 fully saturated rings. The number of hydrogen-bond donors (Lipinski definition) is 2. The van der Waals surface area contributed by atoms with E-state index in [1.54, 1.807) is 6.92 Å². The van der Waals surface area contributed by atoms with Crippen molar-refractivity contribution in [2.45, 2.75) is 32.1 Å². The number of nitrogens with zero attached hydrogens (tertiary/aromatic N) is 2. The summed E-state index contributed by atoms with van der Waals surface area (Å²) in [5.74, 6) is -0.498. The Hall–Kier alpha value is -1.15. The van der Waals surface area contributed by atoms with Crippen LogP contribution in [0.5, 0.6) is 0 Å². The van der Waals surface area contributed by atoms with Gasteiger partial charge in [-0.15, -0.1) is 17.0 Å². The summed E-state index contributed by atoms with van der Waals surface area (Å²) in [6.07, 6.45) is 2.65. The number of fused-ring (bicyclic) bond motifs is 1. The molecule has 6 nitrogen and oxygen atoms in total. The number of aryl methyl sites for hydroxylation is 1. The second kappa shape index (κ2) is 6.85. The zero-order valence-corrected chi connectivity index (χ0v) is 13.1. The highest BCUT2D eigenvalue weighted by Crippen LogP contribution is 2.38. The zero-order valence-electron chi connectivity index (χ0n) is 10.6. The van der Waals surface area contributed by atoms with Crippen molar-refractivity contribution in [3.63, 3.8) is 0 Å². The predicted molar refractivity (Wildman–Crippen MR) is 80.2 cm³/mol. The summed E-state index contributed by atoms with van der Waals surface area (Å²) in [5, 5.41) is 0.510. The maximum Gasteiger partial charge on any atom is 0.315 e. The number of aliphatic imine (C=N–C) groups is 1. The summed E-state index contributed by atoms with van der Waals surface area (Å²) in [7, 11) is 0. The van der Waals surface area contributed by atoms with Gasteiger partial charge in [0, 0.05) is 4.88 Å². The second-order valence-electron chi connectivity index (χ2n) is 4.04. The van der Waals surface area contributed by atoms with E-state index in [1.165, 1.54) is 11.3 Å². The Balaban J connectivity index is 0.00000180. The first-order chi connectivity index (χ1) is 8.61. The molecular formula is C11H17BrN4O2S. The van der Waals surface area contributed by atoms with Gasteiger partial charge in [-0.3, -0.25) is 4.79 Å². The summed E-state index contributed by atoms with van der Waals surface area (Å²) in [6, 6.07) is 0. The van der Waals surface area contributed by atoms with E-state index in [4.69, 9.17) is 16.2 Å². The van der Waals surface area contributed by atoms with Crippen molar-refractivity contribution in [1.29, 1.82) is 0 Å². The maximum absolute atomic E-state index is 11.8. The lowest BCUT2D eigenvalue weighted by Crippen LogP contribution is -2.22. The van der Waals surface area contributed by atoms with Crippen molar-refractivity contribution in [1.82, 2.24) is 4.98 Å². The topological polar surface area (TPSA) is 104 Å². The lowest BCUT2D eigenvalue weighted by Gasteiger charge is -2.18. The van der Waals surface area contributed by atoms with Crippen LogP contribution >= 0.6 is 28.3 Å². The van der Waals surface area contributed by atoms with Crippen molar-refractivity contribution in [3.8, 4) is 0 Å². The Morgan fingerprint density at radius 1 is 1.58 bits per heavy atom. The van der Waals surface area contributed by atoms with Crippen LogP contribution in [0.1, 0.15) is 36.3 Å². The molecule has 0 amide bonds. The van der Waals surface area contributed by atoms with E-state index in [2.05, 4.69) is 9.98 Å². The van der Waals surface area contributed by atoms with Crippen molar-refractivity contribution in [3.05, 3.63) is 10.6 Å². The average Bonchev–Trinajstić information content (AvgIpc) is 2.69. The highest BCUT2D eigenvalue weighted by atomic mass is 79.9. The summed E-state index contributed by atoms with van der Waals surface area (Å²) in [5.41, 5.74) is 11.4. The smallest absolute Gasteiger partial charge is 0.315 e. The molecule has 1 aromatic rings. The third kappa shape index (κ3) is 3.66. The SMILES string of the molecule is Br.CCOC(=O)[C@H]1CCCc2sc(N=C(N)N)nc21. The Bertz CT molecular complexity index is 485. The Morgan fingerprint density at radius 2 is 2.32 bits per heavy atom. The van der Waals surface area contributed by atoms with E-state index in [1.807, 2.05) is 0 Å². The van der Waals surface area contributed by atoms with Gasteiger partial charge in [0.15, 0.2) is 5.96 Å². The van der Waals surface area contributed by atoms with Gasteiger partial charge in [0.25, 0.3) is 0 Å². The van der Waals surface area contributed by atoms with E-state index in [0.29, 0.717) is 11.7 Å². The molecule has 1 aliphatic carbocycles. The molecule has 1 aliphatic rings. The molecule has 0 saturated carbocycles. The number of thiazole rings is 1. The minimum atomic E-state index is -0.270. The number of ether oxygens (including phenoxy) is 1. The average molecular weight is 349 g/mol. The van der Waals surface area contributed by atoms with Gasteiger partial charge in [-0.2, -0.15) is 4.99 Å². The van der Waals surface area contributed by atoms with Gasteiger partial charge < -0.3 is 16.2 Å². The summed E-state index contributed by atoms with van der Waals surface area (Å²) >= 11 is 1.44. The van der Waals surface area contributed by atoms with Crippen LogP contribution in [0.3, 0.4) is 0 Å². The molecule has 1 atom stereocenters.